The predicted octanol–water partition coefficient (Wildman–Crippen LogP) is 6.83. The average molecular weight is 554 g/mol. The number of benzene rings is 2. The number of carbonyl (C=O) groups is 1. The van der Waals surface area contributed by atoms with E-state index in [1.54, 1.807) is 17.8 Å². The van der Waals surface area contributed by atoms with E-state index in [-0.39, 0.29) is 17.3 Å². The number of thioether (sulfide) groups is 1. The smallest absolute Gasteiger partial charge is 0.257 e. The van der Waals surface area contributed by atoms with Crippen molar-refractivity contribution in [3.63, 3.8) is 0 Å². The van der Waals surface area contributed by atoms with Crippen LogP contribution in [0.15, 0.2) is 35.2 Å². The molecule has 0 saturated carbocycles. The third-order valence-corrected chi connectivity index (χ3v) is 8.35. The van der Waals surface area contributed by atoms with Gasteiger partial charge < -0.3 is 19.8 Å². The first kappa shape index (κ1) is 28.8. The van der Waals surface area contributed by atoms with Gasteiger partial charge >= 0.3 is 0 Å². The van der Waals surface area contributed by atoms with E-state index >= 15 is 4.39 Å². The zero-order valence-corrected chi connectivity index (χ0v) is 23.7. The molecule has 1 saturated heterocycles. The van der Waals surface area contributed by atoms with Crippen LogP contribution in [-0.2, 0) is 0 Å². The molecular weight excluding hydrogens is 517 g/mol. The summed E-state index contributed by atoms with van der Waals surface area (Å²) in [5, 5.41) is 6.13. The highest BCUT2D eigenvalue weighted by molar-refractivity contribution is 8.00. The van der Waals surface area contributed by atoms with Crippen molar-refractivity contribution in [1.82, 2.24) is 5.32 Å². The fourth-order valence-corrected chi connectivity index (χ4v) is 5.75. The molecule has 198 valence electrons. The Morgan fingerprint density at radius 2 is 1.92 bits per heavy atom. The van der Waals surface area contributed by atoms with E-state index in [9.17, 15) is 4.79 Å². The minimum Gasteiger partial charge on any atom is -0.369 e. The van der Waals surface area contributed by atoms with Gasteiger partial charge in [0.25, 0.3) is 5.91 Å². The standard InChI is InChI=1S/C26H37ClFN5OS2/c1-4-5-6-7-8-17-36-23-12-10-21(24(28)25(23)31-27)30-26(34)20-18-19(33-15-13-29-14-16-33)9-11-22(20)32(2)35-3/h9-12,18,29,31H,4-8,13-17H2,1-3H3,(H,30,34). The van der Waals surface area contributed by atoms with Gasteiger partial charge in [-0.1, -0.05) is 44.6 Å². The Hall–Kier alpha value is -1.81. The van der Waals surface area contributed by atoms with Gasteiger partial charge in [0, 0.05) is 61.8 Å². The van der Waals surface area contributed by atoms with Crippen LogP contribution in [-0.4, -0.2) is 51.1 Å². The Kier molecular flexibility index (Phi) is 11.8. The minimum absolute atomic E-state index is 0.0979. The van der Waals surface area contributed by atoms with E-state index in [1.807, 2.05) is 41.9 Å². The van der Waals surface area contributed by atoms with Gasteiger partial charge in [0.1, 0.15) is 5.69 Å². The molecule has 6 nitrogen and oxygen atoms in total. The highest BCUT2D eigenvalue weighted by atomic mass is 35.5. The Balaban J connectivity index is 1.78. The minimum atomic E-state index is -0.563. The van der Waals surface area contributed by atoms with E-state index < -0.39 is 5.82 Å². The number of hydrogen-bond donors (Lipinski definition) is 3. The number of amides is 1. The molecule has 0 atom stereocenters. The maximum absolute atomic E-state index is 15.4. The maximum atomic E-state index is 15.4. The molecule has 3 N–H and O–H groups in total. The van der Waals surface area contributed by atoms with Crippen molar-refractivity contribution in [2.45, 2.75) is 43.9 Å². The molecule has 0 bridgehead atoms. The van der Waals surface area contributed by atoms with Crippen LogP contribution in [0.4, 0.5) is 27.1 Å². The lowest BCUT2D eigenvalue weighted by Crippen LogP contribution is -2.43. The normalized spacial score (nSPS) is 13.5. The second-order valence-corrected chi connectivity index (χ2v) is 11.0. The Labute approximate surface area is 228 Å². The lowest BCUT2D eigenvalue weighted by Gasteiger charge is -2.30. The van der Waals surface area contributed by atoms with Crippen molar-refractivity contribution >= 4 is 64.1 Å². The first-order valence-electron chi connectivity index (χ1n) is 12.5. The van der Waals surface area contributed by atoms with Gasteiger partial charge in [-0.15, -0.1) is 11.8 Å². The van der Waals surface area contributed by atoms with Crippen LogP contribution in [0.2, 0.25) is 0 Å². The molecule has 0 unspecified atom stereocenters. The van der Waals surface area contributed by atoms with Crippen molar-refractivity contribution in [2.24, 2.45) is 0 Å². The van der Waals surface area contributed by atoms with Crippen LogP contribution in [0.1, 0.15) is 49.4 Å². The molecule has 2 aromatic carbocycles. The van der Waals surface area contributed by atoms with Crippen molar-refractivity contribution in [1.29, 1.82) is 0 Å². The molecule has 1 fully saturated rings. The topological polar surface area (TPSA) is 59.6 Å². The summed E-state index contributed by atoms with van der Waals surface area (Å²) in [5.41, 5.74) is 2.54. The first-order valence-corrected chi connectivity index (χ1v) is 15.1. The van der Waals surface area contributed by atoms with Crippen LogP contribution < -0.4 is 24.7 Å². The summed E-state index contributed by atoms with van der Waals surface area (Å²) in [6.07, 6.45) is 7.86. The van der Waals surface area contributed by atoms with Crippen LogP contribution in [0.5, 0.6) is 0 Å². The summed E-state index contributed by atoms with van der Waals surface area (Å²) in [5.74, 6) is -0.0325. The summed E-state index contributed by atoms with van der Waals surface area (Å²) < 4.78 is 17.3. The highest BCUT2D eigenvalue weighted by Gasteiger charge is 2.21. The molecule has 3 rings (SSSR count). The van der Waals surface area contributed by atoms with E-state index in [0.29, 0.717) is 5.56 Å². The fraction of sp³-hybridized carbons (Fsp3) is 0.500. The Morgan fingerprint density at radius 3 is 2.61 bits per heavy atom. The zero-order valence-electron chi connectivity index (χ0n) is 21.3. The first-order chi connectivity index (χ1) is 17.5. The van der Waals surface area contributed by atoms with Crippen molar-refractivity contribution < 1.29 is 9.18 Å². The Bertz CT molecular complexity index is 1010. The number of nitrogens with one attached hydrogen (secondary N) is 3. The third kappa shape index (κ3) is 7.60. The molecule has 0 aliphatic carbocycles. The van der Waals surface area contributed by atoms with Crippen LogP contribution in [0, 0.1) is 5.82 Å². The van der Waals surface area contributed by atoms with Gasteiger partial charge in [-0.25, -0.2) is 4.39 Å². The summed E-state index contributed by atoms with van der Waals surface area (Å²) in [7, 11) is 1.91. The number of unbranched alkanes of at least 4 members (excludes halogenated alkanes) is 4. The van der Waals surface area contributed by atoms with E-state index in [1.165, 1.54) is 37.6 Å². The maximum Gasteiger partial charge on any atom is 0.257 e. The van der Waals surface area contributed by atoms with Gasteiger partial charge in [0.05, 0.1) is 16.9 Å². The van der Waals surface area contributed by atoms with Crippen molar-refractivity contribution in [3.8, 4) is 0 Å². The monoisotopic (exact) mass is 553 g/mol. The summed E-state index contributed by atoms with van der Waals surface area (Å²) >= 11 is 8.98. The second kappa shape index (κ2) is 14.8. The molecular formula is C26H37ClFN5OS2. The van der Waals surface area contributed by atoms with Gasteiger partial charge in [-0.3, -0.25) is 9.63 Å². The second-order valence-electron chi connectivity index (χ2n) is 8.73. The molecule has 1 aliphatic rings. The fourth-order valence-electron chi connectivity index (χ4n) is 4.14. The number of piperazine rings is 1. The quantitative estimate of drug-likeness (QED) is 0.109. The lowest BCUT2D eigenvalue weighted by atomic mass is 10.1. The molecule has 36 heavy (non-hydrogen) atoms. The van der Waals surface area contributed by atoms with E-state index in [4.69, 9.17) is 11.8 Å². The Morgan fingerprint density at radius 1 is 1.17 bits per heavy atom. The molecule has 1 aliphatic heterocycles. The summed E-state index contributed by atoms with van der Waals surface area (Å²) in [6, 6.07) is 9.30. The largest absolute Gasteiger partial charge is 0.369 e. The van der Waals surface area contributed by atoms with Crippen molar-refractivity contribution in [3.05, 3.63) is 41.7 Å². The molecule has 10 heteroatoms. The molecule has 0 spiro atoms. The molecule has 0 radical (unpaired) electrons. The number of hydrogen-bond acceptors (Lipinski definition) is 7. The average Bonchev–Trinajstić information content (AvgIpc) is 2.91. The van der Waals surface area contributed by atoms with Crippen molar-refractivity contribution in [2.75, 3.05) is 64.6 Å². The zero-order chi connectivity index (χ0) is 25.9. The summed E-state index contributed by atoms with van der Waals surface area (Å²) in [6.45, 7) is 5.74. The van der Waals surface area contributed by atoms with Crippen LogP contribution in [0.25, 0.3) is 0 Å². The van der Waals surface area contributed by atoms with E-state index in [2.05, 4.69) is 27.3 Å². The van der Waals surface area contributed by atoms with Gasteiger partial charge in [-0.2, -0.15) is 0 Å². The molecule has 1 heterocycles. The number of anilines is 4. The van der Waals surface area contributed by atoms with Crippen LogP contribution in [0.3, 0.4) is 0 Å². The number of halogens is 2. The number of carbonyl (C=O) groups excluding carboxylic acids is 1. The SMILES string of the molecule is CCCCCCCSc1ccc(NC(=O)c2cc(N3CCNCC3)ccc2N(C)SC)c(F)c1NCl. The third-order valence-electron chi connectivity index (χ3n) is 6.27. The number of nitrogens with zero attached hydrogens (tertiary/aromatic N) is 2. The molecule has 2 aromatic rings. The summed E-state index contributed by atoms with van der Waals surface area (Å²) in [4.78, 5) is 18.9. The highest BCUT2D eigenvalue weighted by Crippen LogP contribution is 2.36. The predicted molar refractivity (Wildman–Crippen MR) is 157 cm³/mol. The van der Waals surface area contributed by atoms with Gasteiger partial charge in [0.15, 0.2) is 5.82 Å². The lowest BCUT2D eigenvalue weighted by molar-refractivity contribution is 0.102. The molecule has 0 aromatic heterocycles. The molecule has 1 amide bonds. The van der Waals surface area contributed by atoms with Crippen LogP contribution >= 0.6 is 35.5 Å². The van der Waals surface area contributed by atoms with E-state index in [0.717, 1.165) is 54.6 Å². The van der Waals surface area contributed by atoms with Gasteiger partial charge in [0.2, 0.25) is 0 Å². The van der Waals surface area contributed by atoms with Gasteiger partial charge in [-0.05, 0) is 42.5 Å². The number of rotatable bonds is 13.